The lowest BCUT2D eigenvalue weighted by Gasteiger charge is -2.30. The van der Waals surface area contributed by atoms with E-state index >= 15 is 0 Å². The van der Waals surface area contributed by atoms with Gasteiger partial charge in [-0.2, -0.15) is 5.10 Å². The second-order valence-electron chi connectivity index (χ2n) is 12.8. The van der Waals surface area contributed by atoms with Crippen molar-refractivity contribution >= 4 is 34.7 Å². The summed E-state index contributed by atoms with van der Waals surface area (Å²) in [4.78, 5) is 36.1. The predicted molar refractivity (Wildman–Crippen MR) is 184 cm³/mol. The number of pyridine rings is 1. The Balaban J connectivity index is 1.20. The van der Waals surface area contributed by atoms with Crippen LogP contribution in [-0.2, 0) is 5.41 Å². The number of carbonyl (C=O) groups excluding carboxylic acids is 2. The van der Waals surface area contributed by atoms with E-state index in [9.17, 15) is 9.59 Å². The number of carbonyl (C=O) groups is 2. The van der Waals surface area contributed by atoms with Crippen molar-refractivity contribution in [2.75, 3.05) is 23.7 Å². The number of ketones is 1. The Hall–Kier alpha value is -4.67. The number of anilines is 2. The molecular formula is C36H39N7O2S. The molecule has 0 bridgehead atoms. The minimum Gasteiger partial charge on any atom is -0.317 e. The number of rotatable bonds is 8. The van der Waals surface area contributed by atoms with Crippen LogP contribution in [0.1, 0.15) is 66.8 Å². The SMILES string of the molecule is Cc1ccc(-n2nc(C(C)(C)C)cc2NC(=O)Nc2ccc(C(C(=O)c3csc(-c4cccnc4)n3)C3CCNCC3)cc2)cc1. The van der Waals surface area contributed by atoms with Gasteiger partial charge in [-0.1, -0.05) is 50.6 Å². The van der Waals surface area contributed by atoms with Crippen LogP contribution in [0.25, 0.3) is 16.3 Å². The molecule has 0 aliphatic carbocycles. The summed E-state index contributed by atoms with van der Waals surface area (Å²) >= 11 is 1.46. The molecule has 46 heavy (non-hydrogen) atoms. The van der Waals surface area contributed by atoms with Crippen LogP contribution in [0.4, 0.5) is 16.3 Å². The van der Waals surface area contributed by atoms with Crippen LogP contribution in [0.5, 0.6) is 0 Å². The van der Waals surface area contributed by atoms with Crippen LogP contribution in [-0.4, -0.2) is 44.7 Å². The second kappa shape index (κ2) is 13.4. The smallest absolute Gasteiger partial charge is 0.317 e. The summed E-state index contributed by atoms with van der Waals surface area (Å²) in [6.07, 6.45) is 5.30. The molecule has 1 aliphatic rings. The number of aryl methyl sites for hydroxylation is 1. The number of hydrogen-bond acceptors (Lipinski definition) is 7. The number of amides is 2. The largest absolute Gasteiger partial charge is 0.324 e. The Morgan fingerprint density at radius 3 is 2.41 bits per heavy atom. The van der Waals surface area contributed by atoms with Crippen molar-refractivity contribution in [2.24, 2.45) is 5.92 Å². The second-order valence-corrected chi connectivity index (χ2v) is 13.7. The highest BCUT2D eigenvalue weighted by Crippen LogP contribution is 2.36. The number of thiazole rings is 1. The first-order valence-corrected chi connectivity index (χ1v) is 16.5. The summed E-state index contributed by atoms with van der Waals surface area (Å²) in [5, 5.41) is 16.8. The van der Waals surface area contributed by atoms with Gasteiger partial charge in [0.2, 0.25) is 0 Å². The van der Waals surface area contributed by atoms with E-state index in [1.54, 1.807) is 17.1 Å². The lowest BCUT2D eigenvalue weighted by Crippen LogP contribution is -2.33. The standard InChI is InChI=1S/C36H39N7O2S/c1-23-7-13-28(14-8-23)43-31(20-30(42-43)36(2,3)4)41-35(45)39-27-11-9-24(10-12-27)32(25-15-18-37-19-16-25)33(44)29-22-46-34(40-29)26-6-5-17-38-21-26/h5-14,17,20-22,25,32,37H,15-16,18-19H2,1-4H3,(H2,39,41,45). The maximum Gasteiger partial charge on any atom is 0.324 e. The van der Waals surface area contributed by atoms with Gasteiger partial charge in [0.1, 0.15) is 16.5 Å². The molecule has 9 nitrogen and oxygen atoms in total. The molecule has 3 N–H and O–H groups in total. The van der Waals surface area contributed by atoms with Crippen molar-refractivity contribution in [3.05, 3.63) is 107 Å². The number of aromatic nitrogens is 4. The Bertz CT molecular complexity index is 1800. The Labute approximate surface area is 273 Å². The lowest BCUT2D eigenvalue weighted by atomic mass is 9.77. The molecule has 5 aromatic rings. The molecule has 1 fully saturated rings. The van der Waals surface area contributed by atoms with Gasteiger partial charge in [0.05, 0.1) is 17.3 Å². The average Bonchev–Trinajstić information content (AvgIpc) is 3.72. The minimum atomic E-state index is -0.377. The van der Waals surface area contributed by atoms with Gasteiger partial charge in [-0.25, -0.2) is 14.5 Å². The molecule has 1 aliphatic heterocycles. The third kappa shape index (κ3) is 7.08. The number of Topliss-reactive ketones (excluding diaryl/α,β-unsaturated/α-hetero) is 1. The fourth-order valence-electron chi connectivity index (χ4n) is 5.76. The van der Waals surface area contributed by atoms with Crippen molar-refractivity contribution in [3.8, 4) is 16.3 Å². The van der Waals surface area contributed by atoms with E-state index in [2.05, 4.69) is 41.7 Å². The average molecular weight is 634 g/mol. The fourth-order valence-corrected chi connectivity index (χ4v) is 6.56. The zero-order chi connectivity index (χ0) is 32.3. The summed E-state index contributed by atoms with van der Waals surface area (Å²) in [7, 11) is 0. The zero-order valence-corrected chi connectivity index (χ0v) is 27.4. The van der Waals surface area contributed by atoms with Gasteiger partial charge in [0.25, 0.3) is 0 Å². The molecule has 0 radical (unpaired) electrons. The Morgan fingerprint density at radius 2 is 1.74 bits per heavy atom. The minimum absolute atomic E-state index is 0.0239. The van der Waals surface area contributed by atoms with Crippen molar-refractivity contribution in [2.45, 2.75) is 51.9 Å². The van der Waals surface area contributed by atoms with Crippen molar-refractivity contribution in [1.29, 1.82) is 0 Å². The third-order valence-electron chi connectivity index (χ3n) is 8.33. The number of nitrogens with one attached hydrogen (secondary N) is 3. The van der Waals surface area contributed by atoms with Gasteiger partial charge < -0.3 is 10.6 Å². The molecule has 6 rings (SSSR count). The maximum absolute atomic E-state index is 14.0. The Morgan fingerprint density at radius 1 is 1.00 bits per heavy atom. The molecule has 2 aromatic carbocycles. The normalized spacial score (nSPS) is 14.5. The van der Waals surface area contributed by atoms with Gasteiger partial charge in [-0.3, -0.25) is 15.1 Å². The highest BCUT2D eigenvalue weighted by atomic mass is 32.1. The van der Waals surface area contributed by atoms with Crippen molar-refractivity contribution in [3.63, 3.8) is 0 Å². The van der Waals surface area contributed by atoms with Crippen LogP contribution < -0.4 is 16.0 Å². The van der Waals surface area contributed by atoms with Gasteiger partial charge in [-0.05, 0) is 80.7 Å². The number of nitrogens with zero attached hydrogens (tertiary/aromatic N) is 4. The molecule has 1 atom stereocenters. The van der Waals surface area contributed by atoms with Crippen LogP contribution in [0.15, 0.2) is 84.5 Å². The lowest BCUT2D eigenvalue weighted by molar-refractivity contribution is 0.0911. The highest BCUT2D eigenvalue weighted by Gasteiger charge is 2.33. The highest BCUT2D eigenvalue weighted by molar-refractivity contribution is 7.13. The van der Waals surface area contributed by atoms with Crippen LogP contribution >= 0.6 is 11.3 Å². The van der Waals surface area contributed by atoms with Gasteiger partial charge in [0, 0.05) is 40.5 Å². The number of benzene rings is 2. The molecule has 1 unspecified atom stereocenters. The molecule has 236 valence electrons. The monoisotopic (exact) mass is 633 g/mol. The zero-order valence-electron chi connectivity index (χ0n) is 26.6. The fraction of sp³-hybridized carbons (Fsp3) is 0.306. The van der Waals surface area contributed by atoms with Gasteiger partial charge >= 0.3 is 6.03 Å². The van der Waals surface area contributed by atoms with Gasteiger partial charge in [-0.15, -0.1) is 11.3 Å². The summed E-state index contributed by atoms with van der Waals surface area (Å²) in [6.45, 7) is 10.1. The topological polar surface area (TPSA) is 114 Å². The maximum atomic E-state index is 14.0. The first-order chi connectivity index (χ1) is 22.2. The summed E-state index contributed by atoms with van der Waals surface area (Å²) in [6, 6.07) is 21.0. The molecular weight excluding hydrogens is 595 g/mol. The quantitative estimate of drug-likeness (QED) is 0.152. The van der Waals surface area contributed by atoms with E-state index in [0.29, 0.717) is 17.2 Å². The molecule has 4 heterocycles. The predicted octanol–water partition coefficient (Wildman–Crippen LogP) is 7.61. The van der Waals surface area contributed by atoms with E-state index in [0.717, 1.165) is 59.0 Å². The van der Waals surface area contributed by atoms with E-state index in [1.165, 1.54) is 11.3 Å². The number of hydrogen-bond donors (Lipinski definition) is 3. The number of urea groups is 1. The van der Waals surface area contributed by atoms with Gasteiger partial charge in [0.15, 0.2) is 5.78 Å². The van der Waals surface area contributed by atoms with Crippen molar-refractivity contribution < 1.29 is 9.59 Å². The van der Waals surface area contributed by atoms with Crippen molar-refractivity contribution in [1.82, 2.24) is 25.1 Å². The molecule has 3 aromatic heterocycles. The molecule has 0 saturated carbocycles. The Kier molecular flexibility index (Phi) is 9.10. The van der Waals surface area contributed by atoms with E-state index in [-0.39, 0.29) is 29.1 Å². The number of piperidine rings is 1. The van der Waals surface area contributed by atoms with E-state index in [1.807, 2.05) is 79.0 Å². The third-order valence-corrected chi connectivity index (χ3v) is 9.22. The van der Waals surface area contributed by atoms with Crippen LogP contribution in [0, 0.1) is 12.8 Å². The molecule has 10 heteroatoms. The molecule has 2 amide bonds. The summed E-state index contributed by atoms with van der Waals surface area (Å²) < 4.78 is 1.76. The van der Waals surface area contributed by atoms with E-state index in [4.69, 9.17) is 10.1 Å². The molecule has 0 spiro atoms. The first-order valence-electron chi connectivity index (χ1n) is 15.6. The molecule has 1 saturated heterocycles. The summed E-state index contributed by atoms with van der Waals surface area (Å²) in [5.74, 6) is 0.469. The van der Waals surface area contributed by atoms with Crippen LogP contribution in [0.2, 0.25) is 0 Å². The first kappa shape index (κ1) is 31.3. The van der Waals surface area contributed by atoms with Crippen LogP contribution in [0.3, 0.4) is 0 Å². The van der Waals surface area contributed by atoms with E-state index < -0.39 is 0 Å². The summed E-state index contributed by atoms with van der Waals surface area (Å²) in [5.41, 5.74) is 5.61.